The summed E-state index contributed by atoms with van der Waals surface area (Å²) in [5.74, 6) is 0. The van der Waals surface area contributed by atoms with Gasteiger partial charge in [0.1, 0.15) is 0 Å². The van der Waals surface area contributed by atoms with Crippen LogP contribution in [-0.2, 0) is 4.74 Å². The monoisotopic (exact) mass is 200 g/mol. The molecule has 84 valence electrons. The van der Waals surface area contributed by atoms with Gasteiger partial charge in [-0.05, 0) is 12.8 Å². The SMILES string of the molecule is CCCC(N)CN1CCOC(CC)C1. The van der Waals surface area contributed by atoms with Crippen LogP contribution < -0.4 is 5.73 Å². The summed E-state index contributed by atoms with van der Waals surface area (Å²) in [4.78, 5) is 2.44. The van der Waals surface area contributed by atoms with Gasteiger partial charge >= 0.3 is 0 Å². The Labute approximate surface area is 87.6 Å². The third-order valence-electron chi connectivity index (χ3n) is 2.83. The highest BCUT2D eigenvalue weighted by Gasteiger charge is 2.19. The van der Waals surface area contributed by atoms with Gasteiger partial charge in [0.2, 0.25) is 0 Å². The largest absolute Gasteiger partial charge is 0.376 e. The molecule has 1 aliphatic heterocycles. The van der Waals surface area contributed by atoms with Crippen LogP contribution in [0.25, 0.3) is 0 Å². The van der Waals surface area contributed by atoms with E-state index in [0.29, 0.717) is 12.1 Å². The molecule has 0 spiro atoms. The molecule has 0 bridgehead atoms. The Kier molecular flexibility index (Phi) is 5.45. The van der Waals surface area contributed by atoms with E-state index in [2.05, 4.69) is 18.7 Å². The van der Waals surface area contributed by atoms with Crippen molar-refractivity contribution in [2.24, 2.45) is 5.73 Å². The van der Waals surface area contributed by atoms with Crippen molar-refractivity contribution in [3.8, 4) is 0 Å². The number of nitrogens with zero attached hydrogens (tertiary/aromatic N) is 1. The van der Waals surface area contributed by atoms with E-state index in [1.165, 1.54) is 6.42 Å². The summed E-state index contributed by atoms with van der Waals surface area (Å²) in [5, 5.41) is 0. The van der Waals surface area contributed by atoms with E-state index in [-0.39, 0.29) is 0 Å². The summed E-state index contributed by atoms with van der Waals surface area (Å²) in [6, 6.07) is 0.343. The van der Waals surface area contributed by atoms with Crippen LogP contribution >= 0.6 is 0 Å². The number of hydrogen-bond acceptors (Lipinski definition) is 3. The second-order valence-corrected chi connectivity index (χ2v) is 4.21. The molecule has 0 amide bonds. The molecule has 1 fully saturated rings. The molecular formula is C11H24N2O. The van der Waals surface area contributed by atoms with E-state index in [1.54, 1.807) is 0 Å². The topological polar surface area (TPSA) is 38.5 Å². The van der Waals surface area contributed by atoms with Crippen LogP contribution in [0.15, 0.2) is 0 Å². The van der Waals surface area contributed by atoms with Gasteiger partial charge in [0.05, 0.1) is 12.7 Å². The molecule has 2 N–H and O–H groups in total. The van der Waals surface area contributed by atoms with Gasteiger partial charge in [0.25, 0.3) is 0 Å². The first kappa shape index (κ1) is 12.0. The minimum atomic E-state index is 0.343. The lowest BCUT2D eigenvalue weighted by Crippen LogP contribution is -2.47. The minimum absolute atomic E-state index is 0.343. The Morgan fingerprint density at radius 2 is 2.29 bits per heavy atom. The normalized spacial score (nSPS) is 26.4. The predicted octanol–water partition coefficient (Wildman–Crippen LogP) is 1.22. The van der Waals surface area contributed by atoms with Crippen LogP contribution in [0.3, 0.4) is 0 Å². The molecular weight excluding hydrogens is 176 g/mol. The maximum Gasteiger partial charge on any atom is 0.0700 e. The van der Waals surface area contributed by atoms with Crippen molar-refractivity contribution in [2.45, 2.75) is 45.3 Å². The highest BCUT2D eigenvalue weighted by atomic mass is 16.5. The molecule has 0 saturated carbocycles. The molecule has 0 aliphatic carbocycles. The van der Waals surface area contributed by atoms with Gasteiger partial charge in [-0.25, -0.2) is 0 Å². The molecule has 2 atom stereocenters. The molecule has 0 aromatic carbocycles. The van der Waals surface area contributed by atoms with E-state index in [9.17, 15) is 0 Å². The lowest BCUT2D eigenvalue weighted by atomic mass is 10.1. The second kappa shape index (κ2) is 6.38. The Hall–Kier alpha value is -0.120. The molecule has 2 unspecified atom stereocenters. The van der Waals surface area contributed by atoms with Crippen molar-refractivity contribution in [3.63, 3.8) is 0 Å². The van der Waals surface area contributed by atoms with Gasteiger partial charge < -0.3 is 10.5 Å². The van der Waals surface area contributed by atoms with Gasteiger partial charge in [-0.1, -0.05) is 20.3 Å². The Bertz CT molecular complexity index is 152. The first-order valence-electron chi connectivity index (χ1n) is 5.85. The molecule has 1 heterocycles. The quantitative estimate of drug-likeness (QED) is 0.725. The summed E-state index contributed by atoms with van der Waals surface area (Å²) in [7, 11) is 0. The lowest BCUT2D eigenvalue weighted by Gasteiger charge is -2.33. The molecule has 3 nitrogen and oxygen atoms in total. The molecule has 0 aromatic rings. The van der Waals surface area contributed by atoms with Crippen LogP contribution in [0.4, 0.5) is 0 Å². The van der Waals surface area contributed by atoms with E-state index in [0.717, 1.165) is 39.1 Å². The zero-order valence-corrected chi connectivity index (χ0v) is 9.54. The van der Waals surface area contributed by atoms with Gasteiger partial charge in [-0.2, -0.15) is 0 Å². The van der Waals surface area contributed by atoms with Crippen LogP contribution in [0.1, 0.15) is 33.1 Å². The highest BCUT2D eigenvalue weighted by Crippen LogP contribution is 2.09. The van der Waals surface area contributed by atoms with Crippen LogP contribution in [0.5, 0.6) is 0 Å². The number of hydrogen-bond donors (Lipinski definition) is 1. The average molecular weight is 200 g/mol. The number of rotatable bonds is 5. The first-order valence-corrected chi connectivity index (χ1v) is 5.85. The fourth-order valence-corrected chi connectivity index (χ4v) is 1.99. The molecule has 0 aromatic heterocycles. The summed E-state index contributed by atoms with van der Waals surface area (Å²) >= 11 is 0. The molecule has 3 heteroatoms. The minimum Gasteiger partial charge on any atom is -0.376 e. The Balaban J connectivity index is 2.22. The van der Waals surface area contributed by atoms with Gasteiger partial charge in [-0.3, -0.25) is 4.90 Å². The van der Waals surface area contributed by atoms with Crippen molar-refractivity contribution >= 4 is 0 Å². The van der Waals surface area contributed by atoms with Crippen LogP contribution in [0.2, 0.25) is 0 Å². The Morgan fingerprint density at radius 1 is 1.50 bits per heavy atom. The lowest BCUT2D eigenvalue weighted by molar-refractivity contribution is -0.0313. The van der Waals surface area contributed by atoms with Gasteiger partial charge in [-0.15, -0.1) is 0 Å². The maximum atomic E-state index is 6.02. The second-order valence-electron chi connectivity index (χ2n) is 4.21. The van der Waals surface area contributed by atoms with Crippen LogP contribution in [-0.4, -0.2) is 43.3 Å². The zero-order chi connectivity index (χ0) is 10.4. The first-order chi connectivity index (χ1) is 6.76. The molecule has 0 radical (unpaired) electrons. The van der Waals surface area contributed by atoms with E-state index in [1.807, 2.05) is 0 Å². The fraction of sp³-hybridized carbons (Fsp3) is 1.00. The number of morpholine rings is 1. The third kappa shape index (κ3) is 3.95. The molecule has 1 saturated heterocycles. The average Bonchev–Trinajstić information content (AvgIpc) is 2.18. The Morgan fingerprint density at radius 3 is 2.93 bits per heavy atom. The van der Waals surface area contributed by atoms with E-state index in [4.69, 9.17) is 10.5 Å². The maximum absolute atomic E-state index is 6.02. The zero-order valence-electron chi connectivity index (χ0n) is 9.54. The predicted molar refractivity (Wildman–Crippen MR) is 59.4 cm³/mol. The smallest absolute Gasteiger partial charge is 0.0700 e. The molecule has 1 rings (SSSR count). The molecule has 14 heavy (non-hydrogen) atoms. The third-order valence-corrected chi connectivity index (χ3v) is 2.83. The summed E-state index contributed by atoms with van der Waals surface area (Å²) in [6.45, 7) is 8.39. The number of nitrogens with two attached hydrogens (primary N) is 1. The highest BCUT2D eigenvalue weighted by molar-refractivity contribution is 4.74. The fourth-order valence-electron chi connectivity index (χ4n) is 1.99. The summed E-state index contributed by atoms with van der Waals surface area (Å²) < 4.78 is 5.62. The summed E-state index contributed by atoms with van der Waals surface area (Å²) in [5.41, 5.74) is 6.02. The van der Waals surface area contributed by atoms with Crippen molar-refractivity contribution in [2.75, 3.05) is 26.2 Å². The van der Waals surface area contributed by atoms with Crippen LogP contribution in [0, 0.1) is 0 Å². The molecule has 1 aliphatic rings. The number of ether oxygens (including phenoxy) is 1. The van der Waals surface area contributed by atoms with Crippen molar-refractivity contribution in [1.82, 2.24) is 4.90 Å². The van der Waals surface area contributed by atoms with Crippen molar-refractivity contribution < 1.29 is 4.74 Å². The van der Waals surface area contributed by atoms with Crippen molar-refractivity contribution in [3.05, 3.63) is 0 Å². The summed E-state index contributed by atoms with van der Waals surface area (Å²) in [6.07, 6.45) is 3.86. The van der Waals surface area contributed by atoms with Gasteiger partial charge in [0.15, 0.2) is 0 Å². The van der Waals surface area contributed by atoms with Gasteiger partial charge in [0, 0.05) is 25.7 Å². The standard InChI is InChI=1S/C11H24N2O/c1-3-5-10(12)8-13-6-7-14-11(4-2)9-13/h10-11H,3-9,12H2,1-2H3. The van der Waals surface area contributed by atoms with E-state index < -0.39 is 0 Å². The van der Waals surface area contributed by atoms with E-state index >= 15 is 0 Å². The van der Waals surface area contributed by atoms with Crippen molar-refractivity contribution in [1.29, 1.82) is 0 Å².